The molecule has 11 aromatic rings. The van der Waals surface area contributed by atoms with Crippen molar-refractivity contribution in [3.8, 4) is 39.9 Å². The molecule has 0 amide bonds. The van der Waals surface area contributed by atoms with Crippen LogP contribution in [-0.2, 0) is 0 Å². The minimum Gasteiger partial charge on any atom is -0.456 e. The smallest absolute Gasteiger partial charge is 0.167 e. The largest absolute Gasteiger partial charge is 0.456 e. The summed E-state index contributed by atoms with van der Waals surface area (Å²) in [6.45, 7) is 0. The number of aromatic nitrogens is 4. The van der Waals surface area contributed by atoms with Gasteiger partial charge >= 0.3 is 0 Å². The zero-order chi connectivity index (χ0) is 33.5. The lowest BCUT2D eigenvalue weighted by atomic mass is 10.1. The molecule has 0 atom stereocenters. The molecular weight excluding hydrogens is 629 g/mol. The number of rotatable bonds is 4. The minimum absolute atomic E-state index is 0.560. The first-order valence-corrected chi connectivity index (χ1v) is 16.9. The minimum atomic E-state index is 0.560. The summed E-state index contributed by atoms with van der Waals surface area (Å²) in [5, 5.41) is 6.43. The van der Waals surface area contributed by atoms with Crippen molar-refractivity contribution in [1.29, 1.82) is 0 Å². The molecule has 0 spiro atoms. The molecule has 0 aliphatic carbocycles. The lowest BCUT2D eigenvalue weighted by Crippen LogP contribution is -2.00. The molecule has 0 unspecified atom stereocenters. The maximum atomic E-state index is 6.98. The Bertz CT molecular complexity index is 3080. The maximum Gasteiger partial charge on any atom is 0.167 e. The van der Waals surface area contributed by atoms with Gasteiger partial charge in [0.1, 0.15) is 22.3 Å². The fourth-order valence-corrected chi connectivity index (χ4v) is 7.54. The van der Waals surface area contributed by atoms with Gasteiger partial charge in [-0.1, -0.05) is 109 Å². The number of fused-ring (bicyclic) bond motifs is 10. The number of hydrogen-bond donors (Lipinski definition) is 0. The average Bonchev–Trinajstić information content (AvgIpc) is 3.87. The van der Waals surface area contributed by atoms with Crippen molar-refractivity contribution >= 4 is 65.7 Å². The molecule has 238 valence electrons. The third kappa shape index (κ3) is 4.20. The van der Waals surface area contributed by atoms with E-state index in [9.17, 15) is 0 Å². The van der Waals surface area contributed by atoms with Crippen LogP contribution in [0.3, 0.4) is 0 Å². The Morgan fingerprint density at radius 3 is 1.78 bits per heavy atom. The zero-order valence-corrected chi connectivity index (χ0v) is 27.1. The van der Waals surface area contributed by atoms with Gasteiger partial charge in [-0.2, -0.15) is 0 Å². The van der Waals surface area contributed by atoms with E-state index in [-0.39, 0.29) is 0 Å². The second kappa shape index (κ2) is 10.7. The van der Waals surface area contributed by atoms with Crippen molar-refractivity contribution in [2.75, 3.05) is 0 Å². The highest BCUT2D eigenvalue weighted by Crippen LogP contribution is 2.43. The lowest BCUT2D eigenvalue weighted by molar-refractivity contribution is 0.668. The van der Waals surface area contributed by atoms with E-state index < -0.39 is 0 Å². The fraction of sp³-hybridized carbons (Fsp3) is 0. The van der Waals surface area contributed by atoms with Crippen LogP contribution in [0.1, 0.15) is 0 Å². The van der Waals surface area contributed by atoms with Gasteiger partial charge in [-0.05, 0) is 42.5 Å². The van der Waals surface area contributed by atoms with Crippen molar-refractivity contribution in [2.24, 2.45) is 0 Å². The molecule has 0 saturated carbocycles. The van der Waals surface area contributed by atoms with Crippen LogP contribution in [0, 0.1) is 0 Å². The number of hydrogen-bond acceptors (Lipinski definition) is 5. The topological polar surface area (TPSA) is 69.9 Å². The van der Waals surface area contributed by atoms with E-state index in [1.54, 1.807) is 0 Å². The third-order valence-electron chi connectivity index (χ3n) is 9.86. The van der Waals surface area contributed by atoms with Gasteiger partial charge in [0.15, 0.2) is 17.5 Å². The monoisotopic (exact) mass is 654 g/mol. The van der Waals surface area contributed by atoms with E-state index in [4.69, 9.17) is 23.8 Å². The van der Waals surface area contributed by atoms with E-state index in [1.165, 1.54) is 0 Å². The SMILES string of the molecule is c1ccc(-c2nc(-c3ccccc3)nc(-c3cccc4c3oc3c4ccc4c3c3ccccc3n4-c3ccc4c(c3)oc3ccccc34)n2)cc1. The van der Waals surface area contributed by atoms with Crippen LogP contribution in [0.5, 0.6) is 0 Å². The first kappa shape index (κ1) is 27.9. The van der Waals surface area contributed by atoms with E-state index >= 15 is 0 Å². The molecule has 51 heavy (non-hydrogen) atoms. The lowest BCUT2D eigenvalue weighted by Gasteiger charge is -2.08. The molecule has 0 saturated heterocycles. The van der Waals surface area contributed by atoms with Crippen LogP contribution in [0.4, 0.5) is 0 Å². The molecule has 0 radical (unpaired) electrons. The highest BCUT2D eigenvalue weighted by atomic mass is 16.3. The third-order valence-corrected chi connectivity index (χ3v) is 9.86. The Kier molecular flexibility index (Phi) is 5.86. The molecule has 0 aliphatic rings. The summed E-state index contributed by atoms with van der Waals surface area (Å²) in [5.74, 6) is 1.78. The predicted molar refractivity (Wildman–Crippen MR) is 205 cm³/mol. The predicted octanol–water partition coefficient (Wildman–Crippen LogP) is 11.8. The molecular formula is C45H26N4O2. The summed E-state index contributed by atoms with van der Waals surface area (Å²) in [6.07, 6.45) is 0. The van der Waals surface area contributed by atoms with Crippen LogP contribution in [0.25, 0.3) is 106 Å². The Balaban J connectivity index is 1.16. The van der Waals surface area contributed by atoms with Gasteiger partial charge in [0.2, 0.25) is 0 Å². The number of para-hydroxylation sites is 3. The first-order chi connectivity index (χ1) is 25.3. The van der Waals surface area contributed by atoms with E-state index in [0.29, 0.717) is 17.5 Å². The van der Waals surface area contributed by atoms with Crippen molar-refractivity contribution < 1.29 is 8.83 Å². The average molecular weight is 655 g/mol. The van der Waals surface area contributed by atoms with E-state index in [0.717, 1.165) is 88.1 Å². The first-order valence-electron chi connectivity index (χ1n) is 16.9. The van der Waals surface area contributed by atoms with Crippen LogP contribution in [0.2, 0.25) is 0 Å². The molecule has 6 nitrogen and oxygen atoms in total. The standard InChI is InChI=1S/C45H26N4O2/c1-3-12-27(13-4-1)43-46-44(28-14-5-2-6-15-28)48-45(47-43)35-19-11-18-32-33-24-25-37-40(42(33)51-41(32)35)34-17-7-9-20-36(34)49(37)29-22-23-31-30-16-8-10-21-38(30)50-39(31)26-29/h1-26H. The number of benzene rings is 7. The van der Waals surface area contributed by atoms with Crippen molar-refractivity contribution in [3.63, 3.8) is 0 Å². The van der Waals surface area contributed by atoms with Crippen LogP contribution >= 0.6 is 0 Å². The van der Waals surface area contributed by atoms with Gasteiger partial charge in [-0.3, -0.25) is 0 Å². The molecule has 0 fully saturated rings. The van der Waals surface area contributed by atoms with E-state index in [2.05, 4.69) is 77.4 Å². The second-order valence-electron chi connectivity index (χ2n) is 12.8. The summed E-state index contributed by atoms with van der Waals surface area (Å²) in [6, 6.07) is 53.8. The Morgan fingerprint density at radius 2 is 1.00 bits per heavy atom. The number of nitrogens with zero attached hydrogens (tertiary/aromatic N) is 4. The summed E-state index contributed by atoms with van der Waals surface area (Å²) in [7, 11) is 0. The Hall–Kier alpha value is -7.05. The molecule has 4 aromatic heterocycles. The van der Waals surface area contributed by atoms with Crippen molar-refractivity contribution in [2.45, 2.75) is 0 Å². The molecule has 0 bridgehead atoms. The summed E-state index contributed by atoms with van der Waals surface area (Å²) in [4.78, 5) is 14.9. The van der Waals surface area contributed by atoms with Gasteiger partial charge in [0, 0.05) is 49.8 Å². The van der Waals surface area contributed by atoms with Crippen LogP contribution < -0.4 is 0 Å². The van der Waals surface area contributed by atoms with Crippen LogP contribution in [-0.4, -0.2) is 19.5 Å². The molecule has 4 heterocycles. The van der Waals surface area contributed by atoms with Gasteiger partial charge < -0.3 is 13.4 Å². The van der Waals surface area contributed by atoms with Gasteiger partial charge in [-0.25, -0.2) is 15.0 Å². The Morgan fingerprint density at radius 1 is 0.392 bits per heavy atom. The van der Waals surface area contributed by atoms with Crippen molar-refractivity contribution in [1.82, 2.24) is 19.5 Å². The van der Waals surface area contributed by atoms with E-state index in [1.807, 2.05) is 84.9 Å². The molecule has 11 rings (SSSR count). The molecule has 0 aliphatic heterocycles. The van der Waals surface area contributed by atoms with Gasteiger partial charge in [0.05, 0.1) is 22.0 Å². The number of furan rings is 2. The molecule has 6 heteroatoms. The molecule has 7 aromatic carbocycles. The zero-order valence-electron chi connectivity index (χ0n) is 27.1. The fourth-order valence-electron chi connectivity index (χ4n) is 7.54. The van der Waals surface area contributed by atoms with Gasteiger partial charge in [0.25, 0.3) is 0 Å². The van der Waals surface area contributed by atoms with Gasteiger partial charge in [-0.15, -0.1) is 0 Å². The summed E-state index contributed by atoms with van der Waals surface area (Å²) in [5.41, 5.74) is 9.14. The summed E-state index contributed by atoms with van der Waals surface area (Å²) < 4.78 is 15.6. The maximum absolute atomic E-state index is 6.98. The second-order valence-corrected chi connectivity index (χ2v) is 12.8. The summed E-state index contributed by atoms with van der Waals surface area (Å²) >= 11 is 0. The van der Waals surface area contributed by atoms with Crippen molar-refractivity contribution in [3.05, 3.63) is 158 Å². The highest BCUT2D eigenvalue weighted by Gasteiger charge is 2.22. The highest BCUT2D eigenvalue weighted by molar-refractivity contribution is 6.24. The molecule has 0 N–H and O–H groups in total. The normalized spacial score (nSPS) is 11.9. The Labute approximate surface area is 290 Å². The quantitative estimate of drug-likeness (QED) is 0.189. The van der Waals surface area contributed by atoms with Crippen LogP contribution in [0.15, 0.2) is 167 Å².